The highest BCUT2D eigenvalue weighted by atomic mass is 35.5. The van der Waals surface area contributed by atoms with Gasteiger partial charge in [-0.2, -0.15) is 0 Å². The van der Waals surface area contributed by atoms with Crippen molar-refractivity contribution in [2.24, 2.45) is 0 Å². The second-order valence-electron chi connectivity index (χ2n) is 3.48. The fraction of sp³-hybridized carbons (Fsp3) is 0.333. The molecule has 0 aliphatic heterocycles. The predicted octanol–water partition coefficient (Wildman–Crippen LogP) is 3.95. The molecule has 0 spiro atoms. The van der Waals surface area contributed by atoms with E-state index in [-0.39, 0.29) is 0 Å². The summed E-state index contributed by atoms with van der Waals surface area (Å²) in [5.41, 5.74) is 5.08. The minimum atomic E-state index is 0.604. The number of halogens is 1. The van der Waals surface area contributed by atoms with Crippen molar-refractivity contribution < 1.29 is 0 Å². The van der Waals surface area contributed by atoms with E-state index in [9.17, 15) is 0 Å². The SMILES string of the molecule is CC(=Cc1ccc(C)cc1C)CCl. The third kappa shape index (κ3) is 2.89. The van der Waals surface area contributed by atoms with Crippen LogP contribution in [-0.4, -0.2) is 5.88 Å². The van der Waals surface area contributed by atoms with E-state index in [1.165, 1.54) is 22.3 Å². The van der Waals surface area contributed by atoms with Gasteiger partial charge in [0.2, 0.25) is 0 Å². The molecule has 0 atom stereocenters. The summed E-state index contributed by atoms with van der Waals surface area (Å²) in [5, 5.41) is 0. The molecule has 1 rings (SSSR count). The first-order valence-electron chi connectivity index (χ1n) is 4.44. The quantitative estimate of drug-likeness (QED) is 0.626. The fourth-order valence-electron chi connectivity index (χ4n) is 1.29. The highest BCUT2D eigenvalue weighted by Crippen LogP contribution is 2.14. The zero-order valence-corrected chi connectivity index (χ0v) is 9.15. The van der Waals surface area contributed by atoms with Gasteiger partial charge in [0.15, 0.2) is 0 Å². The molecular weight excluding hydrogens is 180 g/mol. The van der Waals surface area contributed by atoms with Crippen molar-refractivity contribution in [2.75, 3.05) is 5.88 Å². The Morgan fingerprint density at radius 2 is 2.08 bits per heavy atom. The monoisotopic (exact) mass is 194 g/mol. The average Bonchev–Trinajstić information content (AvgIpc) is 2.09. The Morgan fingerprint density at radius 1 is 1.38 bits per heavy atom. The topological polar surface area (TPSA) is 0 Å². The van der Waals surface area contributed by atoms with Gasteiger partial charge in [-0.3, -0.25) is 0 Å². The number of alkyl halides is 1. The van der Waals surface area contributed by atoms with Gasteiger partial charge in [0, 0.05) is 5.88 Å². The maximum atomic E-state index is 5.72. The summed E-state index contributed by atoms with van der Waals surface area (Å²) in [7, 11) is 0. The van der Waals surface area contributed by atoms with E-state index in [1.54, 1.807) is 0 Å². The van der Waals surface area contributed by atoms with Crippen molar-refractivity contribution in [3.05, 3.63) is 40.5 Å². The highest BCUT2D eigenvalue weighted by molar-refractivity contribution is 6.19. The normalized spacial score (nSPS) is 11.8. The summed E-state index contributed by atoms with van der Waals surface area (Å²) < 4.78 is 0. The lowest BCUT2D eigenvalue weighted by atomic mass is 10.0. The Labute approximate surface area is 85.2 Å². The minimum absolute atomic E-state index is 0.604. The largest absolute Gasteiger partial charge is 0.122 e. The van der Waals surface area contributed by atoms with Gasteiger partial charge in [-0.1, -0.05) is 35.4 Å². The van der Waals surface area contributed by atoms with Gasteiger partial charge >= 0.3 is 0 Å². The average molecular weight is 195 g/mol. The van der Waals surface area contributed by atoms with Gasteiger partial charge in [-0.25, -0.2) is 0 Å². The molecule has 0 amide bonds. The minimum Gasteiger partial charge on any atom is -0.122 e. The molecule has 0 heterocycles. The van der Waals surface area contributed by atoms with Crippen LogP contribution in [-0.2, 0) is 0 Å². The van der Waals surface area contributed by atoms with Crippen LogP contribution in [0.5, 0.6) is 0 Å². The molecule has 0 fully saturated rings. The molecule has 0 saturated carbocycles. The summed E-state index contributed by atoms with van der Waals surface area (Å²) in [6.45, 7) is 6.28. The predicted molar refractivity (Wildman–Crippen MR) is 60.3 cm³/mol. The molecule has 0 N–H and O–H groups in total. The second-order valence-corrected chi connectivity index (χ2v) is 3.75. The van der Waals surface area contributed by atoms with E-state index >= 15 is 0 Å². The van der Waals surface area contributed by atoms with E-state index in [2.05, 4.69) is 38.1 Å². The molecule has 1 heteroatoms. The standard InChI is InChI=1S/C12H15Cl/c1-9-4-5-12(11(3)6-9)7-10(2)8-13/h4-7H,8H2,1-3H3. The molecule has 0 bridgehead atoms. The van der Waals surface area contributed by atoms with E-state index in [1.807, 2.05) is 6.92 Å². The molecule has 0 aromatic heterocycles. The molecule has 0 saturated heterocycles. The third-order valence-corrected chi connectivity index (χ3v) is 2.46. The molecular formula is C12H15Cl. The van der Waals surface area contributed by atoms with Crippen LogP contribution in [0.15, 0.2) is 23.8 Å². The van der Waals surface area contributed by atoms with Crippen LogP contribution in [0, 0.1) is 13.8 Å². The van der Waals surface area contributed by atoms with Gasteiger partial charge in [0.25, 0.3) is 0 Å². The van der Waals surface area contributed by atoms with E-state index in [0.717, 1.165) is 0 Å². The van der Waals surface area contributed by atoms with E-state index in [4.69, 9.17) is 11.6 Å². The van der Waals surface area contributed by atoms with Crippen molar-refractivity contribution in [3.8, 4) is 0 Å². The van der Waals surface area contributed by atoms with Crippen LogP contribution in [0.25, 0.3) is 6.08 Å². The van der Waals surface area contributed by atoms with Gasteiger partial charge in [-0.05, 0) is 31.9 Å². The highest BCUT2D eigenvalue weighted by Gasteiger charge is 1.95. The summed E-state index contributed by atoms with van der Waals surface area (Å²) in [5.74, 6) is 0.604. The number of benzene rings is 1. The van der Waals surface area contributed by atoms with Crippen LogP contribution >= 0.6 is 11.6 Å². The Balaban J connectivity index is 3.03. The molecule has 1 aromatic rings. The smallest absolute Gasteiger partial charge is 0.0434 e. The lowest BCUT2D eigenvalue weighted by molar-refractivity contribution is 1.35. The first-order valence-corrected chi connectivity index (χ1v) is 4.97. The van der Waals surface area contributed by atoms with Gasteiger partial charge < -0.3 is 0 Å². The van der Waals surface area contributed by atoms with Crippen LogP contribution in [0.3, 0.4) is 0 Å². The van der Waals surface area contributed by atoms with Crippen molar-refractivity contribution >= 4 is 17.7 Å². The second kappa shape index (κ2) is 4.48. The Bertz CT molecular complexity index is 324. The molecule has 0 unspecified atom stereocenters. The summed E-state index contributed by atoms with van der Waals surface area (Å²) in [6.07, 6.45) is 2.14. The van der Waals surface area contributed by atoms with Crippen LogP contribution < -0.4 is 0 Å². The maximum Gasteiger partial charge on any atom is 0.0434 e. The number of allylic oxidation sites excluding steroid dienone is 1. The zero-order chi connectivity index (χ0) is 9.84. The summed E-state index contributed by atoms with van der Waals surface area (Å²) in [4.78, 5) is 0. The van der Waals surface area contributed by atoms with E-state index < -0.39 is 0 Å². The molecule has 0 aliphatic carbocycles. The summed E-state index contributed by atoms with van der Waals surface area (Å²) >= 11 is 5.72. The van der Waals surface area contributed by atoms with Crippen molar-refractivity contribution in [2.45, 2.75) is 20.8 Å². The third-order valence-electron chi connectivity index (χ3n) is 2.04. The maximum absolute atomic E-state index is 5.72. The van der Waals surface area contributed by atoms with E-state index in [0.29, 0.717) is 5.88 Å². The van der Waals surface area contributed by atoms with Crippen molar-refractivity contribution in [1.29, 1.82) is 0 Å². The Kier molecular flexibility index (Phi) is 3.56. The number of hydrogen-bond acceptors (Lipinski definition) is 0. The van der Waals surface area contributed by atoms with Crippen LogP contribution in [0.1, 0.15) is 23.6 Å². The van der Waals surface area contributed by atoms with Gasteiger partial charge in [0.1, 0.15) is 0 Å². The van der Waals surface area contributed by atoms with Crippen LogP contribution in [0.4, 0.5) is 0 Å². The van der Waals surface area contributed by atoms with Crippen molar-refractivity contribution in [3.63, 3.8) is 0 Å². The molecule has 70 valence electrons. The fourth-order valence-corrected chi connectivity index (χ4v) is 1.37. The van der Waals surface area contributed by atoms with Gasteiger partial charge in [-0.15, -0.1) is 11.6 Å². The first kappa shape index (κ1) is 10.3. The van der Waals surface area contributed by atoms with Crippen molar-refractivity contribution in [1.82, 2.24) is 0 Å². The molecule has 0 radical (unpaired) electrons. The van der Waals surface area contributed by atoms with Gasteiger partial charge in [0.05, 0.1) is 0 Å². The number of aryl methyl sites for hydroxylation is 2. The van der Waals surface area contributed by atoms with Crippen LogP contribution in [0.2, 0.25) is 0 Å². The Hall–Kier alpha value is -0.750. The Morgan fingerprint density at radius 3 is 2.62 bits per heavy atom. The zero-order valence-electron chi connectivity index (χ0n) is 8.39. The number of rotatable bonds is 2. The molecule has 1 aromatic carbocycles. The lowest BCUT2D eigenvalue weighted by Crippen LogP contribution is -1.84. The number of hydrogen-bond donors (Lipinski definition) is 0. The molecule has 0 nitrogen and oxygen atoms in total. The lowest BCUT2D eigenvalue weighted by Gasteiger charge is -2.02. The summed E-state index contributed by atoms with van der Waals surface area (Å²) in [6, 6.07) is 6.45. The first-order chi connectivity index (χ1) is 6.13. The molecule has 0 aliphatic rings. The molecule has 13 heavy (non-hydrogen) atoms.